The number of anilines is 3. The maximum absolute atomic E-state index is 5.40. The molecule has 0 unspecified atom stereocenters. The molecule has 1 aliphatic heterocycles. The topological polar surface area (TPSA) is 63.2 Å². The van der Waals surface area contributed by atoms with Gasteiger partial charge in [-0.3, -0.25) is 4.98 Å². The SMILES string of the molecule is Cc1cc(Nc2cccc3cccnc23)nc(N2CCOCC2)n1. The molecule has 122 valence electrons. The van der Waals surface area contributed by atoms with Gasteiger partial charge in [0.1, 0.15) is 5.82 Å². The number of aryl methyl sites for hydroxylation is 1. The highest BCUT2D eigenvalue weighted by Crippen LogP contribution is 2.25. The van der Waals surface area contributed by atoms with Gasteiger partial charge in [0.2, 0.25) is 5.95 Å². The molecule has 1 aliphatic rings. The minimum atomic E-state index is 0.716. The van der Waals surface area contributed by atoms with Crippen LogP contribution < -0.4 is 10.2 Å². The molecule has 1 saturated heterocycles. The van der Waals surface area contributed by atoms with Crippen molar-refractivity contribution >= 4 is 28.4 Å². The Morgan fingerprint density at radius 1 is 1.08 bits per heavy atom. The average Bonchev–Trinajstić information content (AvgIpc) is 2.62. The van der Waals surface area contributed by atoms with E-state index in [0.717, 1.165) is 47.1 Å². The third kappa shape index (κ3) is 3.00. The molecule has 1 aromatic carbocycles. The van der Waals surface area contributed by atoms with Gasteiger partial charge in [0.05, 0.1) is 24.4 Å². The van der Waals surface area contributed by atoms with Gasteiger partial charge in [-0.15, -0.1) is 0 Å². The summed E-state index contributed by atoms with van der Waals surface area (Å²) in [5.41, 5.74) is 2.81. The number of hydrogen-bond donors (Lipinski definition) is 1. The van der Waals surface area contributed by atoms with Gasteiger partial charge >= 0.3 is 0 Å². The van der Waals surface area contributed by atoms with Crippen molar-refractivity contribution in [3.63, 3.8) is 0 Å². The first-order valence-electron chi connectivity index (χ1n) is 8.09. The molecule has 0 amide bonds. The molecule has 0 bridgehead atoms. The Bertz CT molecular complexity index is 856. The Labute approximate surface area is 140 Å². The molecule has 3 aromatic rings. The summed E-state index contributed by atoms with van der Waals surface area (Å²) in [7, 11) is 0. The molecule has 24 heavy (non-hydrogen) atoms. The zero-order chi connectivity index (χ0) is 16.4. The molecule has 1 N–H and O–H groups in total. The molecule has 2 aromatic heterocycles. The molecule has 0 saturated carbocycles. The van der Waals surface area contributed by atoms with Gasteiger partial charge in [0.15, 0.2) is 0 Å². The number of hydrogen-bond acceptors (Lipinski definition) is 6. The Morgan fingerprint density at radius 3 is 2.79 bits per heavy atom. The molecule has 0 atom stereocenters. The Balaban J connectivity index is 1.67. The molecule has 4 rings (SSSR count). The maximum atomic E-state index is 5.40. The van der Waals surface area contributed by atoms with E-state index < -0.39 is 0 Å². The molecule has 3 heterocycles. The Hall–Kier alpha value is -2.73. The second kappa shape index (κ2) is 6.41. The van der Waals surface area contributed by atoms with Crippen molar-refractivity contribution in [2.75, 3.05) is 36.5 Å². The van der Waals surface area contributed by atoms with Crippen LogP contribution in [0.1, 0.15) is 5.69 Å². The summed E-state index contributed by atoms with van der Waals surface area (Å²) in [6, 6.07) is 12.0. The van der Waals surface area contributed by atoms with Crippen LogP contribution in [0.5, 0.6) is 0 Å². The van der Waals surface area contributed by atoms with E-state index in [-0.39, 0.29) is 0 Å². The number of nitrogens with zero attached hydrogens (tertiary/aromatic N) is 4. The molecular weight excluding hydrogens is 302 g/mol. The van der Waals surface area contributed by atoms with Crippen molar-refractivity contribution in [2.24, 2.45) is 0 Å². The van der Waals surface area contributed by atoms with E-state index in [1.165, 1.54) is 0 Å². The van der Waals surface area contributed by atoms with Gasteiger partial charge in [-0.25, -0.2) is 4.98 Å². The van der Waals surface area contributed by atoms with Crippen LogP contribution in [0.25, 0.3) is 10.9 Å². The lowest BCUT2D eigenvalue weighted by Gasteiger charge is -2.27. The molecule has 6 nitrogen and oxygen atoms in total. The Kier molecular flexibility index (Phi) is 3.96. The van der Waals surface area contributed by atoms with Gasteiger partial charge in [0.25, 0.3) is 0 Å². The molecule has 6 heteroatoms. The third-order valence-electron chi connectivity index (χ3n) is 4.03. The van der Waals surface area contributed by atoms with Gasteiger partial charge in [-0.2, -0.15) is 4.98 Å². The number of morpholine rings is 1. The van der Waals surface area contributed by atoms with E-state index in [1.54, 1.807) is 6.20 Å². The minimum absolute atomic E-state index is 0.716. The number of benzene rings is 1. The fourth-order valence-corrected chi connectivity index (χ4v) is 2.86. The normalized spacial score (nSPS) is 14.8. The number of aromatic nitrogens is 3. The van der Waals surface area contributed by atoms with Crippen LogP contribution in [0, 0.1) is 6.92 Å². The summed E-state index contributed by atoms with van der Waals surface area (Å²) >= 11 is 0. The monoisotopic (exact) mass is 321 g/mol. The molecule has 0 aliphatic carbocycles. The summed E-state index contributed by atoms with van der Waals surface area (Å²) in [5, 5.41) is 4.49. The van der Waals surface area contributed by atoms with E-state index >= 15 is 0 Å². The summed E-state index contributed by atoms with van der Waals surface area (Å²) in [5.74, 6) is 1.52. The van der Waals surface area contributed by atoms with E-state index in [9.17, 15) is 0 Å². The van der Waals surface area contributed by atoms with E-state index in [0.29, 0.717) is 13.2 Å². The highest BCUT2D eigenvalue weighted by Gasteiger charge is 2.15. The van der Waals surface area contributed by atoms with Crippen molar-refractivity contribution in [1.29, 1.82) is 0 Å². The van der Waals surface area contributed by atoms with Crippen LogP contribution in [0.15, 0.2) is 42.6 Å². The highest BCUT2D eigenvalue weighted by molar-refractivity contribution is 5.91. The molecular formula is C18H19N5O. The van der Waals surface area contributed by atoms with Crippen molar-refractivity contribution in [3.8, 4) is 0 Å². The summed E-state index contributed by atoms with van der Waals surface area (Å²) in [6.45, 7) is 5.05. The number of rotatable bonds is 3. The molecule has 0 radical (unpaired) electrons. The van der Waals surface area contributed by atoms with Crippen molar-refractivity contribution in [1.82, 2.24) is 15.0 Å². The maximum Gasteiger partial charge on any atom is 0.227 e. The quantitative estimate of drug-likeness (QED) is 0.800. The summed E-state index contributed by atoms with van der Waals surface area (Å²) < 4.78 is 5.40. The number of nitrogens with one attached hydrogen (secondary N) is 1. The van der Waals surface area contributed by atoms with Gasteiger partial charge in [-0.1, -0.05) is 18.2 Å². The van der Waals surface area contributed by atoms with Crippen molar-refractivity contribution < 1.29 is 4.74 Å². The summed E-state index contributed by atoms with van der Waals surface area (Å²) in [6.07, 6.45) is 1.80. The second-order valence-electron chi connectivity index (χ2n) is 5.80. The number of fused-ring (bicyclic) bond motifs is 1. The van der Waals surface area contributed by atoms with Crippen LogP contribution in [0.2, 0.25) is 0 Å². The minimum Gasteiger partial charge on any atom is -0.378 e. The first-order valence-corrected chi connectivity index (χ1v) is 8.09. The van der Waals surface area contributed by atoms with Gasteiger partial charge in [0, 0.05) is 36.4 Å². The largest absolute Gasteiger partial charge is 0.378 e. The molecule has 1 fully saturated rings. The lowest BCUT2D eigenvalue weighted by molar-refractivity contribution is 0.122. The predicted molar refractivity (Wildman–Crippen MR) is 94.8 cm³/mol. The Morgan fingerprint density at radius 2 is 1.92 bits per heavy atom. The highest BCUT2D eigenvalue weighted by atomic mass is 16.5. The lowest BCUT2D eigenvalue weighted by atomic mass is 10.2. The van der Waals surface area contributed by atoms with Crippen molar-refractivity contribution in [2.45, 2.75) is 6.92 Å². The van der Waals surface area contributed by atoms with Crippen molar-refractivity contribution in [3.05, 3.63) is 48.3 Å². The zero-order valence-electron chi connectivity index (χ0n) is 13.6. The molecule has 0 spiro atoms. The van der Waals surface area contributed by atoms with Crippen LogP contribution >= 0.6 is 0 Å². The predicted octanol–water partition coefficient (Wildman–Crippen LogP) is 2.91. The van der Waals surface area contributed by atoms with Gasteiger partial charge < -0.3 is 15.0 Å². The van der Waals surface area contributed by atoms with Crippen LogP contribution in [0.3, 0.4) is 0 Å². The first kappa shape index (κ1) is 14.8. The van der Waals surface area contributed by atoms with Gasteiger partial charge in [-0.05, 0) is 19.1 Å². The van der Waals surface area contributed by atoms with E-state index in [1.807, 2.05) is 31.2 Å². The number of pyridine rings is 1. The van der Waals surface area contributed by atoms with Crippen LogP contribution in [-0.4, -0.2) is 41.3 Å². The van der Waals surface area contributed by atoms with E-state index in [4.69, 9.17) is 4.74 Å². The first-order chi connectivity index (χ1) is 11.8. The smallest absolute Gasteiger partial charge is 0.227 e. The standard InChI is InChI=1S/C18H19N5O/c1-13-12-16(22-18(20-13)23-8-10-24-11-9-23)21-15-6-2-4-14-5-3-7-19-17(14)15/h2-7,12H,8-11H2,1H3,(H,20,21,22). The lowest BCUT2D eigenvalue weighted by Crippen LogP contribution is -2.37. The number of ether oxygens (including phenoxy) is 1. The van der Waals surface area contributed by atoms with E-state index in [2.05, 4.69) is 37.3 Å². The fraction of sp³-hybridized carbons (Fsp3) is 0.278. The van der Waals surface area contributed by atoms with Crippen LogP contribution in [-0.2, 0) is 4.74 Å². The summed E-state index contributed by atoms with van der Waals surface area (Å²) in [4.78, 5) is 15.9. The fourth-order valence-electron chi connectivity index (χ4n) is 2.86. The second-order valence-corrected chi connectivity index (χ2v) is 5.80. The third-order valence-corrected chi connectivity index (χ3v) is 4.03. The average molecular weight is 321 g/mol. The number of para-hydroxylation sites is 1. The van der Waals surface area contributed by atoms with Crippen LogP contribution in [0.4, 0.5) is 17.5 Å². The zero-order valence-corrected chi connectivity index (χ0v) is 13.6.